The number of alkyl halides is 2. The number of halogens is 6. The molecule has 0 bridgehead atoms. The van der Waals surface area contributed by atoms with Crippen molar-refractivity contribution in [2.24, 2.45) is 0 Å². The molecule has 1 aromatic carbocycles. The molecule has 142 valence electrons. The minimum Gasteiger partial charge on any atom is -0.494 e. The summed E-state index contributed by atoms with van der Waals surface area (Å²) >= 11 is 0. The standard InChI is InChI=1S/C19H15BF6O/c1-27-17-8-14(15(23)9-16(17)24)20(18(25)6-2-4-12(21)10-18)19(26)7-3-5-13(22)11-19/h2-9H,10-11H2,1H3. The van der Waals surface area contributed by atoms with Crippen molar-refractivity contribution in [2.45, 2.75) is 24.0 Å². The molecule has 0 aliphatic heterocycles. The second kappa shape index (κ2) is 6.98. The van der Waals surface area contributed by atoms with Gasteiger partial charge >= 0.3 is 0 Å². The number of hydrogen-bond donors (Lipinski definition) is 0. The van der Waals surface area contributed by atoms with Gasteiger partial charge in [-0.25, -0.2) is 26.3 Å². The van der Waals surface area contributed by atoms with Crippen molar-refractivity contribution in [2.75, 3.05) is 7.11 Å². The second-order valence-electron chi connectivity index (χ2n) is 6.59. The van der Waals surface area contributed by atoms with Crippen LogP contribution in [0.2, 0.25) is 0 Å². The van der Waals surface area contributed by atoms with Gasteiger partial charge in [0.1, 0.15) is 28.6 Å². The summed E-state index contributed by atoms with van der Waals surface area (Å²) in [7, 11) is 1.11. The number of ether oxygens (including phenoxy) is 1. The van der Waals surface area contributed by atoms with Crippen LogP contribution in [0.4, 0.5) is 26.3 Å². The highest BCUT2D eigenvalue weighted by atomic mass is 19.2. The highest BCUT2D eigenvalue weighted by Crippen LogP contribution is 2.41. The summed E-state index contributed by atoms with van der Waals surface area (Å²) in [6, 6.07) is 1.26. The molecule has 2 atom stereocenters. The number of benzene rings is 1. The van der Waals surface area contributed by atoms with Crippen LogP contribution in [0.25, 0.3) is 0 Å². The van der Waals surface area contributed by atoms with Crippen molar-refractivity contribution in [3.63, 3.8) is 0 Å². The van der Waals surface area contributed by atoms with Crippen LogP contribution in [0.5, 0.6) is 5.75 Å². The lowest BCUT2D eigenvalue weighted by Crippen LogP contribution is -2.63. The van der Waals surface area contributed by atoms with E-state index < -0.39 is 65.2 Å². The van der Waals surface area contributed by atoms with E-state index in [0.29, 0.717) is 6.07 Å². The zero-order chi connectivity index (χ0) is 19.8. The summed E-state index contributed by atoms with van der Waals surface area (Å²) in [5.41, 5.74) is -5.99. The fourth-order valence-corrected chi connectivity index (χ4v) is 3.61. The van der Waals surface area contributed by atoms with Crippen molar-refractivity contribution in [3.8, 4) is 5.75 Å². The van der Waals surface area contributed by atoms with Crippen molar-refractivity contribution >= 4 is 12.2 Å². The average molecular weight is 384 g/mol. The normalized spacial score (nSPS) is 27.2. The molecule has 0 spiro atoms. The van der Waals surface area contributed by atoms with Gasteiger partial charge in [0.25, 0.3) is 6.71 Å². The van der Waals surface area contributed by atoms with Crippen LogP contribution in [-0.4, -0.2) is 25.0 Å². The molecular weight excluding hydrogens is 369 g/mol. The van der Waals surface area contributed by atoms with Crippen LogP contribution in [0.15, 0.2) is 60.2 Å². The summed E-state index contributed by atoms with van der Waals surface area (Å²) in [5, 5.41) is 0. The van der Waals surface area contributed by atoms with E-state index in [1.807, 2.05) is 0 Å². The maximum atomic E-state index is 15.8. The van der Waals surface area contributed by atoms with Crippen LogP contribution < -0.4 is 10.2 Å². The van der Waals surface area contributed by atoms with Gasteiger partial charge in [0.05, 0.1) is 7.11 Å². The minimum absolute atomic E-state index is 0.435. The first-order valence-corrected chi connectivity index (χ1v) is 8.17. The lowest BCUT2D eigenvalue weighted by Gasteiger charge is -2.39. The first kappa shape index (κ1) is 19.4. The molecule has 0 aromatic heterocycles. The number of allylic oxidation sites excluding steroid dienone is 8. The molecule has 2 aliphatic rings. The van der Waals surface area contributed by atoms with Gasteiger partial charge in [0.2, 0.25) is 0 Å². The first-order chi connectivity index (χ1) is 12.7. The molecule has 0 heterocycles. The minimum atomic E-state index is -2.71. The van der Waals surface area contributed by atoms with Crippen molar-refractivity contribution < 1.29 is 31.1 Å². The topological polar surface area (TPSA) is 9.23 Å². The third kappa shape index (κ3) is 3.57. The van der Waals surface area contributed by atoms with Crippen LogP contribution in [-0.2, 0) is 0 Å². The predicted molar refractivity (Wildman–Crippen MR) is 91.9 cm³/mol. The molecule has 0 fully saturated rings. The van der Waals surface area contributed by atoms with Crippen molar-refractivity contribution in [1.82, 2.24) is 0 Å². The average Bonchev–Trinajstić information content (AvgIpc) is 2.56. The molecule has 0 amide bonds. The van der Waals surface area contributed by atoms with Gasteiger partial charge in [-0.15, -0.1) is 0 Å². The fraction of sp³-hybridized carbons (Fsp3) is 0.263. The summed E-state index contributed by atoms with van der Waals surface area (Å²) in [6.07, 6.45) is 4.18. The van der Waals surface area contributed by atoms with Gasteiger partial charge in [-0.1, -0.05) is 24.3 Å². The molecule has 3 rings (SSSR count). The molecule has 0 N–H and O–H groups in total. The van der Waals surface area contributed by atoms with Gasteiger partial charge in [0, 0.05) is 18.9 Å². The summed E-state index contributed by atoms with van der Waals surface area (Å²) in [4.78, 5) is 0. The smallest absolute Gasteiger partial charge is 0.278 e. The van der Waals surface area contributed by atoms with E-state index in [1.165, 1.54) is 0 Å². The Morgan fingerprint density at radius 2 is 1.37 bits per heavy atom. The van der Waals surface area contributed by atoms with E-state index in [1.54, 1.807) is 0 Å². The van der Waals surface area contributed by atoms with Crippen LogP contribution in [0.1, 0.15) is 12.8 Å². The number of methoxy groups -OCH3 is 1. The monoisotopic (exact) mass is 384 g/mol. The molecular formula is C19H15BF6O. The Bertz CT molecular complexity index is 835. The van der Waals surface area contributed by atoms with E-state index in [4.69, 9.17) is 4.74 Å². The maximum absolute atomic E-state index is 15.8. The van der Waals surface area contributed by atoms with E-state index in [2.05, 4.69) is 0 Å². The second-order valence-corrected chi connectivity index (χ2v) is 6.59. The van der Waals surface area contributed by atoms with Gasteiger partial charge in [0.15, 0.2) is 11.6 Å². The lowest BCUT2D eigenvalue weighted by molar-refractivity contribution is 0.258. The van der Waals surface area contributed by atoms with E-state index in [0.717, 1.165) is 49.6 Å². The molecule has 2 unspecified atom stereocenters. The third-order valence-corrected chi connectivity index (χ3v) is 4.72. The van der Waals surface area contributed by atoms with Crippen LogP contribution >= 0.6 is 0 Å². The molecule has 0 saturated heterocycles. The maximum Gasteiger partial charge on any atom is 0.278 e. The zero-order valence-electron chi connectivity index (χ0n) is 14.3. The molecule has 0 radical (unpaired) electrons. The Morgan fingerprint density at radius 3 is 1.81 bits per heavy atom. The number of hydrogen-bond acceptors (Lipinski definition) is 1. The van der Waals surface area contributed by atoms with Crippen molar-refractivity contribution in [1.29, 1.82) is 0 Å². The lowest BCUT2D eigenvalue weighted by atomic mass is 9.26. The Labute approximate surface area is 152 Å². The number of rotatable bonds is 4. The van der Waals surface area contributed by atoms with E-state index in [9.17, 15) is 17.6 Å². The summed E-state index contributed by atoms with van der Waals surface area (Å²) in [5.74, 6) is -4.49. The van der Waals surface area contributed by atoms with Gasteiger partial charge in [-0.05, 0) is 23.7 Å². The zero-order valence-corrected chi connectivity index (χ0v) is 14.3. The van der Waals surface area contributed by atoms with Gasteiger partial charge in [-0.3, -0.25) is 0 Å². The Kier molecular flexibility index (Phi) is 5.01. The Balaban J connectivity index is 2.21. The van der Waals surface area contributed by atoms with Gasteiger partial charge < -0.3 is 4.74 Å². The molecule has 1 aromatic rings. The first-order valence-electron chi connectivity index (χ1n) is 8.17. The van der Waals surface area contributed by atoms with E-state index >= 15 is 8.78 Å². The van der Waals surface area contributed by atoms with Gasteiger partial charge in [-0.2, -0.15) is 0 Å². The highest BCUT2D eigenvalue weighted by Gasteiger charge is 2.57. The molecule has 27 heavy (non-hydrogen) atoms. The SMILES string of the molecule is COc1cc(B(C2(F)C=CC=C(F)C2)C2(F)C=CC=C(F)C2)c(F)cc1F. The van der Waals surface area contributed by atoms with E-state index in [-0.39, 0.29) is 0 Å². The Hall–Kier alpha value is -2.38. The quantitative estimate of drug-likeness (QED) is 0.536. The summed E-state index contributed by atoms with van der Waals surface area (Å²) in [6.45, 7) is -1.98. The molecule has 0 saturated carbocycles. The third-order valence-electron chi connectivity index (χ3n) is 4.72. The molecule has 8 heteroatoms. The molecule has 1 nitrogen and oxygen atoms in total. The fourth-order valence-electron chi connectivity index (χ4n) is 3.61. The highest BCUT2D eigenvalue weighted by molar-refractivity contribution is 6.79. The predicted octanol–water partition coefficient (Wildman–Crippen LogP) is 4.80. The molecule has 2 aliphatic carbocycles. The largest absolute Gasteiger partial charge is 0.494 e. The van der Waals surface area contributed by atoms with Crippen LogP contribution in [0, 0.1) is 11.6 Å². The Morgan fingerprint density at radius 1 is 0.852 bits per heavy atom. The summed E-state index contributed by atoms with van der Waals surface area (Å²) < 4.78 is 92.2. The van der Waals surface area contributed by atoms with Crippen molar-refractivity contribution in [3.05, 3.63) is 71.9 Å². The van der Waals surface area contributed by atoms with Crippen LogP contribution in [0.3, 0.4) is 0 Å².